The van der Waals surface area contributed by atoms with Gasteiger partial charge in [-0.05, 0) is 43.2 Å². The number of aromatic nitrogens is 1. The minimum atomic E-state index is -0.139. The zero-order valence-electron chi connectivity index (χ0n) is 12.3. The first kappa shape index (κ1) is 15.0. The van der Waals surface area contributed by atoms with Crippen LogP contribution in [0, 0.1) is 6.92 Å². The molecule has 2 aromatic rings. The van der Waals surface area contributed by atoms with Gasteiger partial charge in [0.05, 0.1) is 11.6 Å². The van der Waals surface area contributed by atoms with Gasteiger partial charge >= 0.3 is 0 Å². The molecular weight excluding hydrogens is 300 g/mol. The summed E-state index contributed by atoms with van der Waals surface area (Å²) in [5.74, 6) is -0.123. The van der Waals surface area contributed by atoms with E-state index < -0.39 is 0 Å². The van der Waals surface area contributed by atoms with Crippen molar-refractivity contribution >= 4 is 17.5 Å². The summed E-state index contributed by atoms with van der Waals surface area (Å²) in [5, 5.41) is 3.73. The number of nitrogens with one attached hydrogen (secondary N) is 1. The molecule has 5 heteroatoms. The van der Waals surface area contributed by atoms with E-state index in [-0.39, 0.29) is 18.1 Å². The normalized spacial score (nSPS) is 20.8. The minimum Gasteiger partial charge on any atom is -0.371 e. The Balaban J connectivity index is 1.72. The van der Waals surface area contributed by atoms with Crippen molar-refractivity contribution in [2.45, 2.75) is 25.5 Å². The molecule has 0 spiro atoms. The predicted octanol–water partition coefficient (Wildman–Crippen LogP) is 3.30. The third-order valence-electron chi connectivity index (χ3n) is 3.78. The Kier molecular flexibility index (Phi) is 4.41. The first-order valence-electron chi connectivity index (χ1n) is 7.24. The summed E-state index contributed by atoms with van der Waals surface area (Å²) in [4.78, 5) is 16.5. The van der Waals surface area contributed by atoms with Crippen LogP contribution in [0.25, 0.3) is 0 Å². The Morgan fingerprint density at radius 1 is 1.27 bits per heavy atom. The molecule has 1 aromatic heterocycles. The van der Waals surface area contributed by atoms with Crippen molar-refractivity contribution in [3.05, 3.63) is 64.4 Å². The van der Waals surface area contributed by atoms with Crippen LogP contribution >= 0.6 is 11.6 Å². The maximum absolute atomic E-state index is 12.3. The van der Waals surface area contributed by atoms with E-state index in [0.29, 0.717) is 17.2 Å². The number of aryl methyl sites for hydroxylation is 1. The Morgan fingerprint density at radius 2 is 2.05 bits per heavy atom. The summed E-state index contributed by atoms with van der Waals surface area (Å²) in [6.07, 6.45) is 2.25. The lowest BCUT2D eigenvalue weighted by Crippen LogP contribution is -2.36. The lowest BCUT2D eigenvalue weighted by atomic mass is 10.0. The van der Waals surface area contributed by atoms with Gasteiger partial charge in [0.1, 0.15) is 6.10 Å². The van der Waals surface area contributed by atoms with Crippen molar-refractivity contribution in [1.29, 1.82) is 0 Å². The van der Waals surface area contributed by atoms with Crippen molar-refractivity contribution in [2.75, 3.05) is 6.61 Å². The number of hydrogen-bond acceptors (Lipinski definition) is 3. The SMILES string of the molecule is Cc1ccc(C(=O)N[C@@H]2CCO[C@H]2c2ccc(Cl)cc2)cn1. The molecule has 1 aliphatic heterocycles. The number of amides is 1. The fraction of sp³-hybridized carbons (Fsp3) is 0.294. The van der Waals surface area contributed by atoms with Gasteiger partial charge in [-0.25, -0.2) is 0 Å². The van der Waals surface area contributed by atoms with E-state index in [1.165, 1.54) is 0 Å². The van der Waals surface area contributed by atoms with Crippen LogP contribution in [0.2, 0.25) is 5.02 Å². The number of benzene rings is 1. The maximum Gasteiger partial charge on any atom is 0.253 e. The number of carbonyl (C=O) groups excluding carboxylic acids is 1. The summed E-state index contributed by atoms with van der Waals surface area (Å²) in [6.45, 7) is 2.52. The van der Waals surface area contributed by atoms with Crippen molar-refractivity contribution in [1.82, 2.24) is 10.3 Å². The molecule has 1 saturated heterocycles. The fourth-order valence-electron chi connectivity index (χ4n) is 2.57. The van der Waals surface area contributed by atoms with Crippen LogP contribution in [0.4, 0.5) is 0 Å². The monoisotopic (exact) mass is 316 g/mol. The third kappa shape index (κ3) is 3.29. The highest BCUT2D eigenvalue weighted by Gasteiger charge is 2.31. The second-order valence-corrected chi connectivity index (χ2v) is 5.84. The van der Waals surface area contributed by atoms with E-state index in [1.54, 1.807) is 12.3 Å². The van der Waals surface area contributed by atoms with Gasteiger partial charge in [-0.2, -0.15) is 0 Å². The molecule has 114 valence electrons. The lowest BCUT2D eigenvalue weighted by Gasteiger charge is -2.20. The molecule has 1 aliphatic rings. The summed E-state index contributed by atoms with van der Waals surface area (Å²) < 4.78 is 5.77. The second-order valence-electron chi connectivity index (χ2n) is 5.40. The predicted molar refractivity (Wildman–Crippen MR) is 85.0 cm³/mol. The van der Waals surface area contributed by atoms with Crippen molar-refractivity contribution in [3.8, 4) is 0 Å². The number of halogens is 1. The van der Waals surface area contributed by atoms with Gasteiger partial charge in [-0.3, -0.25) is 9.78 Å². The van der Waals surface area contributed by atoms with Gasteiger partial charge in [0, 0.05) is 23.5 Å². The van der Waals surface area contributed by atoms with E-state index >= 15 is 0 Å². The number of rotatable bonds is 3. The molecule has 22 heavy (non-hydrogen) atoms. The van der Waals surface area contributed by atoms with Gasteiger partial charge in [-0.15, -0.1) is 0 Å². The van der Waals surface area contributed by atoms with Gasteiger partial charge in [-0.1, -0.05) is 23.7 Å². The fourth-order valence-corrected chi connectivity index (χ4v) is 2.70. The molecule has 2 heterocycles. The smallest absolute Gasteiger partial charge is 0.253 e. The number of nitrogens with zero attached hydrogens (tertiary/aromatic N) is 1. The maximum atomic E-state index is 12.3. The molecule has 4 nitrogen and oxygen atoms in total. The van der Waals surface area contributed by atoms with Gasteiger partial charge in [0.2, 0.25) is 0 Å². The second kappa shape index (κ2) is 6.46. The van der Waals surface area contributed by atoms with Crippen LogP contribution in [0.3, 0.4) is 0 Å². The van der Waals surface area contributed by atoms with E-state index in [2.05, 4.69) is 10.3 Å². The Bertz CT molecular complexity index is 655. The quantitative estimate of drug-likeness (QED) is 0.945. The minimum absolute atomic E-state index is 0.0463. The average Bonchev–Trinajstić information content (AvgIpc) is 2.97. The van der Waals surface area contributed by atoms with E-state index in [1.807, 2.05) is 37.3 Å². The summed E-state index contributed by atoms with van der Waals surface area (Å²) in [6, 6.07) is 11.1. The molecule has 1 fully saturated rings. The molecule has 0 aliphatic carbocycles. The zero-order valence-corrected chi connectivity index (χ0v) is 13.0. The van der Waals surface area contributed by atoms with Crippen LogP contribution in [-0.2, 0) is 4.74 Å². The molecule has 2 atom stereocenters. The topological polar surface area (TPSA) is 51.2 Å². The van der Waals surface area contributed by atoms with Gasteiger partial charge in [0.25, 0.3) is 5.91 Å². The number of hydrogen-bond donors (Lipinski definition) is 1. The summed E-state index contributed by atoms with van der Waals surface area (Å²) in [7, 11) is 0. The van der Waals surface area contributed by atoms with E-state index in [0.717, 1.165) is 17.7 Å². The van der Waals surface area contributed by atoms with Gasteiger partial charge in [0.15, 0.2) is 0 Å². The molecule has 3 rings (SSSR count). The van der Waals surface area contributed by atoms with Crippen LogP contribution < -0.4 is 5.32 Å². The highest BCUT2D eigenvalue weighted by atomic mass is 35.5. The highest BCUT2D eigenvalue weighted by molar-refractivity contribution is 6.30. The van der Waals surface area contributed by atoms with Crippen LogP contribution in [0.15, 0.2) is 42.6 Å². The largest absolute Gasteiger partial charge is 0.371 e. The molecule has 0 radical (unpaired) electrons. The first-order chi connectivity index (χ1) is 10.6. The molecule has 0 saturated carbocycles. The van der Waals surface area contributed by atoms with Crippen molar-refractivity contribution in [3.63, 3.8) is 0 Å². The molecule has 1 aromatic carbocycles. The molecule has 1 N–H and O–H groups in total. The molecule has 0 bridgehead atoms. The first-order valence-corrected chi connectivity index (χ1v) is 7.62. The van der Waals surface area contributed by atoms with E-state index in [9.17, 15) is 4.79 Å². The Morgan fingerprint density at radius 3 is 2.73 bits per heavy atom. The van der Waals surface area contributed by atoms with E-state index in [4.69, 9.17) is 16.3 Å². The summed E-state index contributed by atoms with van der Waals surface area (Å²) >= 11 is 5.91. The molecule has 0 unspecified atom stereocenters. The number of ether oxygens (including phenoxy) is 1. The number of carbonyl (C=O) groups is 1. The average molecular weight is 317 g/mol. The van der Waals surface area contributed by atoms with Crippen molar-refractivity contribution < 1.29 is 9.53 Å². The van der Waals surface area contributed by atoms with Crippen LogP contribution in [0.1, 0.15) is 34.1 Å². The lowest BCUT2D eigenvalue weighted by molar-refractivity contribution is 0.0821. The summed E-state index contributed by atoms with van der Waals surface area (Å²) in [5.41, 5.74) is 2.47. The van der Waals surface area contributed by atoms with Crippen molar-refractivity contribution in [2.24, 2.45) is 0 Å². The number of pyridine rings is 1. The molecular formula is C17H17ClN2O2. The van der Waals surface area contributed by atoms with Gasteiger partial charge < -0.3 is 10.1 Å². The molecule has 1 amide bonds. The standard InChI is InChI=1S/C17H17ClN2O2/c1-11-2-3-13(10-19-11)17(21)20-15-8-9-22-16(15)12-4-6-14(18)7-5-12/h2-7,10,15-16H,8-9H2,1H3,(H,20,21)/t15-,16+/m1/s1. The van der Waals surface area contributed by atoms with Crippen LogP contribution in [0.5, 0.6) is 0 Å². The zero-order chi connectivity index (χ0) is 15.5. The third-order valence-corrected chi connectivity index (χ3v) is 4.03. The Labute approximate surface area is 134 Å². The highest BCUT2D eigenvalue weighted by Crippen LogP contribution is 2.30. The van der Waals surface area contributed by atoms with Crippen LogP contribution in [-0.4, -0.2) is 23.5 Å². The Hall–Kier alpha value is -1.91.